The normalized spacial score (nSPS) is 14.8. The van der Waals surface area contributed by atoms with E-state index in [9.17, 15) is 0 Å². The van der Waals surface area contributed by atoms with E-state index < -0.39 is 0 Å². The summed E-state index contributed by atoms with van der Waals surface area (Å²) in [6, 6.07) is 0. The van der Waals surface area contributed by atoms with Crippen LogP contribution in [0.25, 0.3) is 0 Å². The van der Waals surface area contributed by atoms with Crippen LogP contribution in [-0.4, -0.2) is 31.7 Å². The third kappa shape index (κ3) is 8.29. The van der Waals surface area contributed by atoms with Gasteiger partial charge in [-0.05, 0) is 0 Å². The predicted molar refractivity (Wildman–Crippen MR) is 60.8 cm³/mol. The maximum atomic E-state index is 2.33. The van der Waals surface area contributed by atoms with Gasteiger partial charge in [0.1, 0.15) is 0 Å². The molecular formula is C12H28N+. The average molecular weight is 186 g/mol. The number of rotatable bonds is 2. The molecule has 0 unspecified atom stereocenters. The molecule has 0 aliphatic rings. The van der Waals surface area contributed by atoms with Gasteiger partial charge < -0.3 is 4.48 Å². The van der Waals surface area contributed by atoms with Gasteiger partial charge in [0.2, 0.25) is 0 Å². The molecule has 0 aliphatic carbocycles. The van der Waals surface area contributed by atoms with E-state index in [2.05, 4.69) is 55.6 Å². The molecule has 0 amide bonds. The molecule has 0 aromatic heterocycles. The molecule has 0 heterocycles. The molecule has 1 heteroatoms. The summed E-state index contributed by atoms with van der Waals surface area (Å²) >= 11 is 0. The summed E-state index contributed by atoms with van der Waals surface area (Å²) < 4.78 is 1.12. The SMILES string of the molecule is CC(C)(C)C[N+](C)(C)CC(C)(C)C. The third-order valence-corrected chi connectivity index (χ3v) is 1.80. The number of hydrogen-bond acceptors (Lipinski definition) is 0. The van der Waals surface area contributed by atoms with Crippen molar-refractivity contribution < 1.29 is 4.48 Å². The van der Waals surface area contributed by atoms with E-state index in [4.69, 9.17) is 0 Å². The van der Waals surface area contributed by atoms with Crippen LogP contribution in [0.3, 0.4) is 0 Å². The maximum absolute atomic E-state index is 2.33. The standard InChI is InChI=1S/C12H28N/c1-11(2,3)9-13(7,8)10-12(4,5)6/h9-10H2,1-8H3/q+1. The van der Waals surface area contributed by atoms with Gasteiger partial charge in [0.25, 0.3) is 0 Å². The highest BCUT2D eigenvalue weighted by atomic mass is 15.3. The zero-order chi connectivity index (χ0) is 10.9. The number of quaternary nitrogens is 1. The topological polar surface area (TPSA) is 0 Å². The molecule has 0 aliphatic heterocycles. The molecule has 0 atom stereocenters. The van der Waals surface area contributed by atoms with Crippen LogP contribution in [0.1, 0.15) is 41.5 Å². The quantitative estimate of drug-likeness (QED) is 0.581. The Morgan fingerprint density at radius 1 is 0.692 bits per heavy atom. The van der Waals surface area contributed by atoms with Gasteiger partial charge in [-0.15, -0.1) is 0 Å². The highest BCUT2D eigenvalue weighted by Gasteiger charge is 2.29. The Morgan fingerprint density at radius 2 is 0.923 bits per heavy atom. The van der Waals surface area contributed by atoms with E-state index in [1.165, 1.54) is 13.1 Å². The minimum Gasteiger partial charge on any atom is -0.328 e. The third-order valence-electron chi connectivity index (χ3n) is 1.80. The Kier molecular flexibility index (Phi) is 3.59. The fraction of sp³-hybridized carbons (Fsp3) is 1.00. The molecule has 0 aromatic rings. The molecule has 0 fully saturated rings. The fourth-order valence-electron chi connectivity index (χ4n) is 2.62. The number of hydrogen-bond donors (Lipinski definition) is 0. The van der Waals surface area contributed by atoms with Crippen LogP contribution in [0, 0.1) is 10.8 Å². The van der Waals surface area contributed by atoms with Crippen molar-refractivity contribution in [3.8, 4) is 0 Å². The molecule has 0 bridgehead atoms. The Bertz CT molecular complexity index is 137. The first-order valence-electron chi connectivity index (χ1n) is 5.23. The fourth-order valence-corrected chi connectivity index (χ4v) is 2.62. The summed E-state index contributed by atoms with van der Waals surface area (Å²) in [6.07, 6.45) is 0. The van der Waals surface area contributed by atoms with Crippen molar-refractivity contribution in [1.82, 2.24) is 0 Å². The van der Waals surface area contributed by atoms with Crippen molar-refractivity contribution in [2.24, 2.45) is 10.8 Å². The lowest BCUT2D eigenvalue weighted by atomic mass is 9.91. The molecule has 0 spiro atoms. The maximum Gasteiger partial charge on any atom is 0.0831 e. The van der Waals surface area contributed by atoms with Gasteiger partial charge in [-0.25, -0.2) is 0 Å². The van der Waals surface area contributed by atoms with Crippen LogP contribution in [0.2, 0.25) is 0 Å². The van der Waals surface area contributed by atoms with Gasteiger partial charge in [-0.2, -0.15) is 0 Å². The van der Waals surface area contributed by atoms with Crippen molar-refractivity contribution in [2.75, 3.05) is 27.2 Å². The van der Waals surface area contributed by atoms with Gasteiger partial charge in [0.15, 0.2) is 0 Å². The van der Waals surface area contributed by atoms with Crippen molar-refractivity contribution in [3.63, 3.8) is 0 Å². The summed E-state index contributed by atoms with van der Waals surface area (Å²) in [7, 11) is 4.66. The molecule has 0 N–H and O–H groups in total. The first-order chi connectivity index (χ1) is 5.41. The zero-order valence-corrected chi connectivity index (χ0v) is 10.9. The highest BCUT2D eigenvalue weighted by Crippen LogP contribution is 2.23. The molecule has 80 valence electrons. The van der Waals surface area contributed by atoms with E-state index in [1.54, 1.807) is 0 Å². The highest BCUT2D eigenvalue weighted by molar-refractivity contribution is 4.64. The molecule has 13 heavy (non-hydrogen) atoms. The molecule has 0 saturated carbocycles. The van der Waals surface area contributed by atoms with E-state index >= 15 is 0 Å². The van der Waals surface area contributed by atoms with Crippen LogP contribution in [0.4, 0.5) is 0 Å². The summed E-state index contributed by atoms with van der Waals surface area (Å²) in [6.45, 7) is 16.4. The molecule has 0 rings (SSSR count). The van der Waals surface area contributed by atoms with Gasteiger partial charge in [-0.1, -0.05) is 41.5 Å². The van der Waals surface area contributed by atoms with E-state index in [0.717, 1.165) is 4.48 Å². The molecule has 0 aromatic carbocycles. The molecule has 0 radical (unpaired) electrons. The second kappa shape index (κ2) is 3.61. The van der Waals surface area contributed by atoms with E-state index in [-0.39, 0.29) is 0 Å². The average Bonchev–Trinajstić information content (AvgIpc) is 1.43. The van der Waals surface area contributed by atoms with Crippen molar-refractivity contribution in [1.29, 1.82) is 0 Å². The van der Waals surface area contributed by atoms with Gasteiger partial charge in [0.05, 0.1) is 27.2 Å². The van der Waals surface area contributed by atoms with Crippen LogP contribution >= 0.6 is 0 Å². The van der Waals surface area contributed by atoms with Crippen LogP contribution in [-0.2, 0) is 0 Å². The first kappa shape index (κ1) is 13.0. The summed E-state index contributed by atoms with van der Waals surface area (Å²) in [4.78, 5) is 0. The van der Waals surface area contributed by atoms with Crippen molar-refractivity contribution in [3.05, 3.63) is 0 Å². The zero-order valence-electron chi connectivity index (χ0n) is 10.9. The lowest BCUT2D eigenvalue weighted by Gasteiger charge is -2.39. The van der Waals surface area contributed by atoms with Crippen LogP contribution in [0.5, 0.6) is 0 Å². The van der Waals surface area contributed by atoms with Crippen molar-refractivity contribution >= 4 is 0 Å². The Labute approximate surface area is 84.7 Å². The van der Waals surface area contributed by atoms with Gasteiger partial charge in [0, 0.05) is 10.8 Å². The minimum absolute atomic E-state index is 0.425. The Morgan fingerprint density at radius 3 is 1.08 bits per heavy atom. The second-order valence-electron chi connectivity index (χ2n) is 7.37. The first-order valence-corrected chi connectivity index (χ1v) is 5.23. The largest absolute Gasteiger partial charge is 0.328 e. The Hall–Kier alpha value is -0.0400. The van der Waals surface area contributed by atoms with Crippen LogP contribution in [0.15, 0.2) is 0 Å². The number of nitrogens with zero attached hydrogens (tertiary/aromatic N) is 1. The summed E-state index contributed by atoms with van der Waals surface area (Å²) in [5, 5.41) is 0. The summed E-state index contributed by atoms with van der Waals surface area (Å²) in [5.41, 5.74) is 0.851. The van der Waals surface area contributed by atoms with Gasteiger partial charge in [-0.3, -0.25) is 0 Å². The lowest BCUT2D eigenvalue weighted by Crippen LogP contribution is -2.49. The summed E-state index contributed by atoms with van der Waals surface area (Å²) in [5.74, 6) is 0. The smallest absolute Gasteiger partial charge is 0.0831 e. The monoisotopic (exact) mass is 186 g/mol. The molecule has 0 saturated heterocycles. The predicted octanol–water partition coefficient (Wildman–Crippen LogP) is 3.16. The second-order valence-corrected chi connectivity index (χ2v) is 7.37. The van der Waals surface area contributed by atoms with E-state index in [1.807, 2.05) is 0 Å². The lowest BCUT2D eigenvalue weighted by molar-refractivity contribution is -0.902. The molecular weight excluding hydrogens is 158 g/mol. The van der Waals surface area contributed by atoms with Crippen LogP contribution < -0.4 is 0 Å². The van der Waals surface area contributed by atoms with Gasteiger partial charge >= 0.3 is 0 Å². The molecule has 1 nitrogen and oxygen atoms in total. The van der Waals surface area contributed by atoms with E-state index in [0.29, 0.717) is 10.8 Å². The van der Waals surface area contributed by atoms with Crippen molar-refractivity contribution in [2.45, 2.75) is 41.5 Å². The minimum atomic E-state index is 0.425. The Balaban J connectivity index is 4.25.